The highest BCUT2D eigenvalue weighted by Crippen LogP contribution is 2.35. The fourth-order valence-corrected chi connectivity index (χ4v) is 4.50. The maximum absolute atomic E-state index is 12.9. The van der Waals surface area contributed by atoms with Crippen LogP contribution in [0.1, 0.15) is 34.3 Å². The zero-order valence-electron chi connectivity index (χ0n) is 17.4. The van der Waals surface area contributed by atoms with Crippen molar-refractivity contribution in [3.05, 3.63) is 65.5 Å². The van der Waals surface area contributed by atoms with Crippen LogP contribution in [0.3, 0.4) is 0 Å². The summed E-state index contributed by atoms with van der Waals surface area (Å²) in [5, 5.41) is 2.34. The van der Waals surface area contributed by atoms with E-state index in [9.17, 15) is 14.4 Å². The molecule has 31 heavy (non-hydrogen) atoms. The molecule has 1 fully saturated rings. The van der Waals surface area contributed by atoms with Gasteiger partial charge in [-0.2, -0.15) is 0 Å². The Morgan fingerprint density at radius 3 is 2.68 bits per heavy atom. The summed E-state index contributed by atoms with van der Waals surface area (Å²) in [5.74, 6) is -0.855. The van der Waals surface area contributed by atoms with E-state index in [0.29, 0.717) is 18.5 Å². The minimum absolute atomic E-state index is 0.170. The Morgan fingerprint density at radius 2 is 1.90 bits per heavy atom. The number of nitrogens with one attached hydrogen (secondary N) is 1. The topological polar surface area (TPSA) is 84.3 Å². The van der Waals surface area contributed by atoms with Crippen molar-refractivity contribution in [2.75, 3.05) is 0 Å². The van der Waals surface area contributed by atoms with Gasteiger partial charge in [0.05, 0.1) is 17.7 Å². The molecule has 0 aliphatic carbocycles. The summed E-state index contributed by atoms with van der Waals surface area (Å²) in [6, 6.07) is 13.4. The Bertz CT molecular complexity index is 1240. The Labute approximate surface area is 179 Å². The molecule has 7 heteroatoms. The second-order valence-corrected chi connectivity index (χ2v) is 8.19. The van der Waals surface area contributed by atoms with Crippen LogP contribution < -0.4 is 5.32 Å². The van der Waals surface area contributed by atoms with E-state index < -0.39 is 11.9 Å². The molecule has 2 aliphatic rings. The number of nitrogens with zero attached hydrogens (tertiary/aromatic N) is 3. The van der Waals surface area contributed by atoms with E-state index in [1.54, 1.807) is 11.2 Å². The molecule has 1 aromatic heterocycles. The number of imide groups is 1. The highest BCUT2D eigenvalue weighted by molar-refractivity contribution is 6.05. The number of carbonyl (C=O) groups excluding carboxylic acids is 3. The number of aryl methyl sites for hydroxylation is 2. The van der Waals surface area contributed by atoms with E-state index >= 15 is 0 Å². The third kappa shape index (κ3) is 3.22. The number of aromatic nitrogens is 2. The van der Waals surface area contributed by atoms with Crippen LogP contribution in [-0.2, 0) is 23.2 Å². The predicted molar refractivity (Wildman–Crippen MR) is 115 cm³/mol. The van der Waals surface area contributed by atoms with Crippen LogP contribution in [0.4, 0.5) is 0 Å². The van der Waals surface area contributed by atoms with Gasteiger partial charge in [0.25, 0.3) is 5.91 Å². The molecule has 5 rings (SSSR count). The molecule has 7 nitrogen and oxygen atoms in total. The van der Waals surface area contributed by atoms with Gasteiger partial charge in [-0.3, -0.25) is 19.7 Å². The highest BCUT2D eigenvalue weighted by Gasteiger charge is 2.39. The summed E-state index contributed by atoms with van der Waals surface area (Å²) in [7, 11) is 1.97. The van der Waals surface area contributed by atoms with E-state index in [0.717, 1.165) is 28.1 Å². The van der Waals surface area contributed by atoms with E-state index in [2.05, 4.69) is 35.4 Å². The molecule has 156 valence electrons. The summed E-state index contributed by atoms with van der Waals surface area (Å²) in [5.41, 5.74) is 6.50. The van der Waals surface area contributed by atoms with Crippen molar-refractivity contribution < 1.29 is 14.4 Å². The van der Waals surface area contributed by atoms with E-state index in [4.69, 9.17) is 0 Å². The predicted octanol–water partition coefficient (Wildman–Crippen LogP) is 2.82. The molecule has 2 aromatic carbocycles. The van der Waals surface area contributed by atoms with E-state index in [1.165, 1.54) is 5.56 Å². The molecule has 2 aliphatic heterocycles. The summed E-state index contributed by atoms with van der Waals surface area (Å²) in [6.45, 7) is 2.41. The van der Waals surface area contributed by atoms with Gasteiger partial charge < -0.3 is 9.47 Å². The smallest absolute Gasteiger partial charge is 0.255 e. The third-order valence-corrected chi connectivity index (χ3v) is 6.03. The summed E-state index contributed by atoms with van der Waals surface area (Å²) >= 11 is 0. The van der Waals surface area contributed by atoms with Crippen LogP contribution in [0.5, 0.6) is 0 Å². The number of hydrogen-bond donors (Lipinski definition) is 1. The van der Waals surface area contributed by atoms with Crippen molar-refractivity contribution in [3.63, 3.8) is 0 Å². The van der Waals surface area contributed by atoms with Gasteiger partial charge >= 0.3 is 0 Å². The van der Waals surface area contributed by atoms with Crippen LogP contribution in [0, 0.1) is 6.92 Å². The normalized spacial score (nSPS) is 18.3. The molecule has 1 saturated heterocycles. The lowest BCUT2D eigenvalue weighted by atomic mass is 10.00. The lowest BCUT2D eigenvalue weighted by Crippen LogP contribution is -2.52. The van der Waals surface area contributed by atoms with Gasteiger partial charge in [-0.15, -0.1) is 0 Å². The van der Waals surface area contributed by atoms with Crippen molar-refractivity contribution in [2.24, 2.45) is 7.05 Å². The van der Waals surface area contributed by atoms with Crippen LogP contribution in [0.2, 0.25) is 0 Å². The standard InChI is InChI=1S/C24H22N4O3/c1-14-4-3-5-16(10-14)22-21(25-13-27(22)2)15-6-7-18-17(11-15)12-28(24(18)31)19-8-9-20(29)26-23(19)30/h3-7,10-11,13,19H,8-9,12H2,1-2H3,(H,26,29,30). The molecule has 1 N–H and O–H groups in total. The van der Waals surface area contributed by atoms with Gasteiger partial charge in [0, 0.05) is 36.7 Å². The second kappa shape index (κ2) is 7.19. The molecule has 3 amide bonds. The molecular formula is C24H22N4O3. The summed E-state index contributed by atoms with van der Waals surface area (Å²) < 4.78 is 2.00. The van der Waals surface area contributed by atoms with Crippen molar-refractivity contribution in [1.29, 1.82) is 0 Å². The second-order valence-electron chi connectivity index (χ2n) is 8.19. The highest BCUT2D eigenvalue weighted by atomic mass is 16.2. The van der Waals surface area contributed by atoms with Crippen molar-refractivity contribution in [1.82, 2.24) is 19.8 Å². The zero-order valence-corrected chi connectivity index (χ0v) is 17.4. The number of rotatable bonds is 3. The first-order valence-electron chi connectivity index (χ1n) is 10.3. The number of imidazole rings is 1. The number of amides is 3. The summed E-state index contributed by atoms with van der Waals surface area (Å²) in [4.78, 5) is 42.9. The van der Waals surface area contributed by atoms with Gasteiger partial charge in [-0.1, -0.05) is 29.8 Å². The first kappa shape index (κ1) is 19.2. The Balaban J connectivity index is 1.50. The van der Waals surface area contributed by atoms with Gasteiger partial charge in [0.15, 0.2) is 0 Å². The molecule has 1 atom stereocenters. The largest absolute Gasteiger partial charge is 0.333 e. The van der Waals surface area contributed by atoms with E-state index in [-0.39, 0.29) is 18.2 Å². The van der Waals surface area contributed by atoms with Gasteiger partial charge in [0.2, 0.25) is 11.8 Å². The average Bonchev–Trinajstić information content (AvgIpc) is 3.28. The number of fused-ring (bicyclic) bond motifs is 1. The SMILES string of the molecule is Cc1cccc(-c2c(-c3ccc4c(c3)CN(C3CCC(=O)NC3=O)C4=O)ncn2C)c1. The lowest BCUT2D eigenvalue weighted by Gasteiger charge is -2.29. The maximum Gasteiger partial charge on any atom is 0.255 e. The third-order valence-electron chi connectivity index (χ3n) is 6.03. The summed E-state index contributed by atoms with van der Waals surface area (Å²) in [6.07, 6.45) is 2.39. The molecule has 0 radical (unpaired) electrons. The Hall–Kier alpha value is -3.74. The molecule has 0 saturated carbocycles. The Kier molecular flexibility index (Phi) is 4.46. The van der Waals surface area contributed by atoms with Crippen LogP contribution >= 0.6 is 0 Å². The van der Waals surface area contributed by atoms with Crippen molar-refractivity contribution in [2.45, 2.75) is 32.4 Å². The average molecular weight is 414 g/mol. The molecular weight excluding hydrogens is 392 g/mol. The maximum atomic E-state index is 12.9. The van der Waals surface area contributed by atoms with Crippen LogP contribution in [0.25, 0.3) is 22.5 Å². The fourth-order valence-electron chi connectivity index (χ4n) is 4.50. The molecule has 0 spiro atoms. The van der Waals surface area contributed by atoms with Gasteiger partial charge in [0.1, 0.15) is 6.04 Å². The molecule has 3 heterocycles. The monoisotopic (exact) mass is 414 g/mol. The van der Waals surface area contributed by atoms with Crippen LogP contribution in [-0.4, -0.2) is 38.2 Å². The van der Waals surface area contributed by atoms with Crippen molar-refractivity contribution in [3.8, 4) is 22.5 Å². The fraction of sp³-hybridized carbons (Fsp3) is 0.250. The number of carbonyl (C=O) groups is 3. The quantitative estimate of drug-likeness (QED) is 0.668. The van der Waals surface area contributed by atoms with Crippen LogP contribution in [0.15, 0.2) is 48.8 Å². The first-order valence-corrected chi connectivity index (χ1v) is 10.3. The molecule has 3 aromatic rings. The zero-order chi connectivity index (χ0) is 21.7. The molecule has 1 unspecified atom stereocenters. The first-order chi connectivity index (χ1) is 14.9. The minimum atomic E-state index is -0.612. The minimum Gasteiger partial charge on any atom is -0.333 e. The van der Waals surface area contributed by atoms with Gasteiger partial charge in [-0.05, 0) is 37.1 Å². The molecule has 0 bridgehead atoms. The van der Waals surface area contributed by atoms with Gasteiger partial charge in [-0.25, -0.2) is 4.98 Å². The van der Waals surface area contributed by atoms with E-state index in [1.807, 2.05) is 35.9 Å². The number of hydrogen-bond acceptors (Lipinski definition) is 4. The number of piperidine rings is 1. The van der Waals surface area contributed by atoms with Crippen molar-refractivity contribution >= 4 is 17.7 Å². The lowest BCUT2D eigenvalue weighted by molar-refractivity contribution is -0.136. The Morgan fingerprint density at radius 1 is 1.06 bits per heavy atom. The number of benzene rings is 2.